The summed E-state index contributed by atoms with van der Waals surface area (Å²) in [6.07, 6.45) is 71.6. The molecular formula is C64H118O6. The van der Waals surface area contributed by atoms with Crippen LogP contribution in [0.25, 0.3) is 0 Å². The number of carbonyl (C=O) groups excluding carboxylic acids is 3. The molecular weight excluding hydrogens is 865 g/mol. The molecule has 0 heterocycles. The minimum Gasteiger partial charge on any atom is -0.462 e. The van der Waals surface area contributed by atoms with Gasteiger partial charge in [0.2, 0.25) is 0 Å². The van der Waals surface area contributed by atoms with Crippen LogP contribution in [0.1, 0.15) is 335 Å². The fourth-order valence-electron chi connectivity index (χ4n) is 9.18. The molecule has 70 heavy (non-hydrogen) atoms. The summed E-state index contributed by atoms with van der Waals surface area (Å²) in [7, 11) is 0. The van der Waals surface area contributed by atoms with Gasteiger partial charge in [0.1, 0.15) is 13.2 Å². The lowest BCUT2D eigenvalue weighted by Gasteiger charge is -2.18. The molecule has 410 valence electrons. The monoisotopic (exact) mass is 983 g/mol. The van der Waals surface area contributed by atoms with Gasteiger partial charge in [-0.05, 0) is 77.0 Å². The van der Waals surface area contributed by atoms with E-state index in [0.717, 1.165) is 70.6 Å². The molecule has 0 aromatic rings. The zero-order chi connectivity index (χ0) is 50.7. The molecule has 0 N–H and O–H groups in total. The Bertz CT molecular complexity index is 1170. The predicted octanol–water partition coefficient (Wildman–Crippen LogP) is 20.8. The summed E-state index contributed by atoms with van der Waals surface area (Å²) in [5, 5.41) is 0. The molecule has 0 bridgehead atoms. The van der Waals surface area contributed by atoms with Gasteiger partial charge in [-0.1, -0.05) is 276 Å². The van der Waals surface area contributed by atoms with Crippen molar-refractivity contribution in [3.63, 3.8) is 0 Å². The molecule has 1 atom stereocenters. The average molecular weight is 984 g/mol. The summed E-state index contributed by atoms with van der Waals surface area (Å²) in [6, 6.07) is 0. The highest BCUT2D eigenvalue weighted by Crippen LogP contribution is 2.17. The highest BCUT2D eigenvalue weighted by molar-refractivity contribution is 5.71. The molecule has 0 aromatic carbocycles. The van der Waals surface area contributed by atoms with Gasteiger partial charge in [0.05, 0.1) is 0 Å². The summed E-state index contributed by atoms with van der Waals surface area (Å²) >= 11 is 0. The van der Waals surface area contributed by atoms with E-state index >= 15 is 0 Å². The summed E-state index contributed by atoms with van der Waals surface area (Å²) in [6.45, 7) is 6.64. The maximum absolute atomic E-state index is 12.8. The van der Waals surface area contributed by atoms with Crippen molar-refractivity contribution in [1.29, 1.82) is 0 Å². The molecule has 1 unspecified atom stereocenters. The van der Waals surface area contributed by atoms with E-state index in [4.69, 9.17) is 14.2 Å². The van der Waals surface area contributed by atoms with Crippen molar-refractivity contribution in [2.45, 2.75) is 341 Å². The Morgan fingerprint density at radius 1 is 0.286 bits per heavy atom. The van der Waals surface area contributed by atoms with Crippen LogP contribution in [0.4, 0.5) is 0 Å². The number of rotatable bonds is 57. The molecule has 6 heteroatoms. The zero-order valence-corrected chi connectivity index (χ0v) is 47.1. The molecule has 0 aromatic heterocycles. The molecule has 0 fully saturated rings. The first-order valence-corrected chi connectivity index (χ1v) is 31.0. The van der Waals surface area contributed by atoms with Gasteiger partial charge in [-0.2, -0.15) is 0 Å². The van der Waals surface area contributed by atoms with E-state index in [1.165, 1.54) is 225 Å². The normalized spacial score (nSPS) is 12.2. The van der Waals surface area contributed by atoms with Crippen LogP contribution in [0.5, 0.6) is 0 Å². The van der Waals surface area contributed by atoms with Crippen LogP contribution in [0.3, 0.4) is 0 Å². The molecule has 0 rings (SSSR count). The lowest BCUT2D eigenvalue weighted by molar-refractivity contribution is -0.167. The van der Waals surface area contributed by atoms with Gasteiger partial charge >= 0.3 is 17.9 Å². The van der Waals surface area contributed by atoms with E-state index in [1.807, 2.05) is 0 Å². The Morgan fingerprint density at radius 2 is 0.514 bits per heavy atom. The average Bonchev–Trinajstić information content (AvgIpc) is 3.36. The predicted molar refractivity (Wildman–Crippen MR) is 302 cm³/mol. The number of carbonyl (C=O) groups is 3. The summed E-state index contributed by atoms with van der Waals surface area (Å²) in [5.74, 6) is -0.864. The lowest BCUT2D eigenvalue weighted by atomic mass is 10.0. The van der Waals surface area contributed by atoms with Gasteiger partial charge in [-0.25, -0.2) is 0 Å². The van der Waals surface area contributed by atoms with Gasteiger partial charge in [-0.15, -0.1) is 0 Å². The van der Waals surface area contributed by atoms with Crippen molar-refractivity contribution >= 4 is 17.9 Å². The molecule has 0 spiro atoms. The van der Waals surface area contributed by atoms with Gasteiger partial charge in [0, 0.05) is 19.3 Å². The molecule has 0 radical (unpaired) electrons. The second kappa shape index (κ2) is 59.2. The second-order valence-electron chi connectivity index (χ2n) is 21.0. The van der Waals surface area contributed by atoms with E-state index < -0.39 is 6.10 Å². The van der Waals surface area contributed by atoms with Crippen LogP contribution in [-0.2, 0) is 28.6 Å². The maximum Gasteiger partial charge on any atom is 0.306 e. The Labute approximate surface area is 435 Å². The smallest absolute Gasteiger partial charge is 0.306 e. The largest absolute Gasteiger partial charge is 0.462 e. The fourth-order valence-corrected chi connectivity index (χ4v) is 9.18. The number of hydrogen-bond donors (Lipinski definition) is 0. The minimum absolute atomic E-state index is 0.0717. The van der Waals surface area contributed by atoms with E-state index in [0.29, 0.717) is 19.3 Å². The third kappa shape index (κ3) is 56.5. The van der Waals surface area contributed by atoms with Crippen LogP contribution >= 0.6 is 0 Å². The van der Waals surface area contributed by atoms with Crippen molar-refractivity contribution in [3.8, 4) is 0 Å². The molecule has 0 aliphatic heterocycles. The van der Waals surface area contributed by atoms with Crippen LogP contribution in [0, 0.1) is 0 Å². The van der Waals surface area contributed by atoms with Crippen LogP contribution in [0.15, 0.2) is 36.5 Å². The van der Waals surface area contributed by atoms with E-state index in [9.17, 15) is 14.4 Å². The van der Waals surface area contributed by atoms with Gasteiger partial charge < -0.3 is 14.2 Å². The number of unbranched alkanes of at least 4 members (excludes halogenated alkanes) is 40. The van der Waals surface area contributed by atoms with E-state index in [1.54, 1.807) is 0 Å². The second-order valence-corrected chi connectivity index (χ2v) is 21.0. The molecule has 0 saturated heterocycles. The first-order chi connectivity index (χ1) is 34.5. The third-order valence-electron chi connectivity index (χ3n) is 13.9. The highest BCUT2D eigenvalue weighted by atomic mass is 16.6. The van der Waals surface area contributed by atoms with Gasteiger partial charge in [0.25, 0.3) is 0 Å². The van der Waals surface area contributed by atoms with Crippen LogP contribution in [0.2, 0.25) is 0 Å². The number of allylic oxidation sites excluding steroid dienone is 6. The van der Waals surface area contributed by atoms with Gasteiger partial charge in [-0.3, -0.25) is 14.4 Å². The van der Waals surface area contributed by atoms with Crippen molar-refractivity contribution in [2.24, 2.45) is 0 Å². The topological polar surface area (TPSA) is 78.9 Å². The SMILES string of the molecule is CCCCCC/C=C\C/C=C\CCCCCCCCCC(=O)OC(COC(=O)CCCCCCCCCCC)COC(=O)CCCCCCCCCCCCCCC/C=C\CCCCCCCCCC. The standard InChI is InChI=1S/C64H118O6/c1-4-7-10-13-16-19-21-23-25-27-29-30-31-32-33-34-35-37-38-40-42-45-48-51-54-57-63(66)69-60-61(59-68-62(65)56-53-50-47-44-18-15-12-9-6-3)70-64(67)58-55-52-49-46-43-41-39-36-28-26-24-22-20-17-14-11-8-5-2/h20,22,26-29,61H,4-19,21,23-25,30-60H2,1-3H3/b22-20-,28-26-,29-27-. The molecule has 0 amide bonds. The van der Waals surface area contributed by atoms with E-state index in [2.05, 4.69) is 57.2 Å². The highest BCUT2D eigenvalue weighted by Gasteiger charge is 2.19. The van der Waals surface area contributed by atoms with Crippen molar-refractivity contribution in [3.05, 3.63) is 36.5 Å². The van der Waals surface area contributed by atoms with Crippen molar-refractivity contribution in [1.82, 2.24) is 0 Å². The Hall–Kier alpha value is -2.37. The van der Waals surface area contributed by atoms with Crippen molar-refractivity contribution in [2.75, 3.05) is 13.2 Å². The number of hydrogen-bond acceptors (Lipinski definition) is 6. The maximum atomic E-state index is 12.8. The first-order valence-electron chi connectivity index (χ1n) is 31.0. The summed E-state index contributed by atoms with van der Waals surface area (Å²) in [5.41, 5.74) is 0. The van der Waals surface area contributed by atoms with E-state index in [-0.39, 0.29) is 31.1 Å². The summed E-state index contributed by atoms with van der Waals surface area (Å²) < 4.78 is 16.9. The molecule has 0 aliphatic rings. The zero-order valence-electron chi connectivity index (χ0n) is 47.1. The first kappa shape index (κ1) is 67.6. The third-order valence-corrected chi connectivity index (χ3v) is 13.9. The molecule has 0 aliphatic carbocycles. The van der Waals surface area contributed by atoms with Crippen LogP contribution in [-0.4, -0.2) is 37.2 Å². The van der Waals surface area contributed by atoms with Gasteiger partial charge in [0.15, 0.2) is 6.10 Å². The molecule has 0 saturated carbocycles. The quantitative estimate of drug-likeness (QED) is 0.0261. The minimum atomic E-state index is -0.773. The summed E-state index contributed by atoms with van der Waals surface area (Å²) in [4.78, 5) is 38.1. The Balaban J connectivity index is 4.18. The lowest BCUT2D eigenvalue weighted by Crippen LogP contribution is -2.30. The number of ether oxygens (including phenoxy) is 3. The molecule has 6 nitrogen and oxygen atoms in total. The fraction of sp³-hybridized carbons (Fsp3) is 0.859. The van der Waals surface area contributed by atoms with Crippen LogP contribution < -0.4 is 0 Å². The Kier molecular flexibility index (Phi) is 57.2. The number of esters is 3. The Morgan fingerprint density at radius 3 is 0.814 bits per heavy atom. The van der Waals surface area contributed by atoms with Crippen molar-refractivity contribution < 1.29 is 28.6 Å².